The number of hydrogen-bond acceptors (Lipinski definition) is 3. The van der Waals surface area contributed by atoms with E-state index in [2.05, 4.69) is 9.57 Å². The quantitative estimate of drug-likeness (QED) is 0.371. The average Bonchev–Trinajstić information content (AvgIpc) is 1.84. The number of carbonyl (C=O) groups excluding carboxylic acids is 1. The molecular formula is C4H8NO3. The molecule has 0 rings (SSSR count). The van der Waals surface area contributed by atoms with Crippen molar-refractivity contribution in [3.05, 3.63) is 0 Å². The van der Waals surface area contributed by atoms with Crippen LogP contribution in [0, 0.1) is 0 Å². The van der Waals surface area contributed by atoms with Gasteiger partial charge in [0.05, 0.1) is 7.11 Å². The van der Waals surface area contributed by atoms with Crippen molar-refractivity contribution in [3.63, 3.8) is 0 Å². The van der Waals surface area contributed by atoms with Crippen molar-refractivity contribution in [2.75, 3.05) is 7.11 Å². The fraction of sp³-hybridized carbons (Fsp3) is 0.750. The van der Waals surface area contributed by atoms with E-state index in [1.165, 1.54) is 14.0 Å². The molecule has 0 fully saturated rings. The van der Waals surface area contributed by atoms with E-state index in [9.17, 15) is 4.79 Å². The van der Waals surface area contributed by atoms with Crippen molar-refractivity contribution in [1.82, 2.24) is 5.90 Å². The van der Waals surface area contributed by atoms with Crippen LogP contribution >= 0.6 is 0 Å². The van der Waals surface area contributed by atoms with Crippen LogP contribution in [-0.2, 0) is 14.4 Å². The van der Waals surface area contributed by atoms with Crippen LogP contribution in [0.15, 0.2) is 0 Å². The van der Waals surface area contributed by atoms with E-state index in [4.69, 9.17) is 5.90 Å². The van der Waals surface area contributed by atoms with Gasteiger partial charge in [-0.2, -0.15) is 0 Å². The van der Waals surface area contributed by atoms with Crippen molar-refractivity contribution < 1.29 is 14.4 Å². The number of ether oxygens (including phenoxy) is 1. The zero-order valence-electron chi connectivity index (χ0n) is 4.80. The molecule has 0 saturated carbocycles. The summed E-state index contributed by atoms with van der Waals surface area (Å²) in [6, 6.07) is 0. The van der Waals surface area contributed by atoms with Crippen LogP contribution in [0.5, 0.6) is 0 Å². The van der Waals surface area contributed by atoms with Gasteiger partial charge in [-0.25, -0.2) is 4.79 Å². The van der Waals surface area contributed by atoms with E-state index in [-0.39, 0.29) is 0 Å². The Bertz CT molecular complexity index is 83.4. The Morgan fingerprint density at radius 1 is 1.75 bits per heavy atom. The molecule has 0 saturated heterocycles. The summed E-state index contributed by atoms with van der Waals surface area (Å²) in [6.07, 6.45) is -0.778. The second kappa shape index (κ2) is 3.40. The first-order chi connectivity index (χ1) is 3.72. The largest absolute Gasteiger partial charge is 0.467 e. The van der Waals surface area contributed by atoms with Crippen LogP contribution in [-0.4, -0.2) is 19.2 Å². The standard InChI is InChI=1S/C4H8NO3/c1-3(8-5)4(6)7-2/h3,5H,1-2H3. The van der Waals surface area contributed by atoms with Crippen LogP contribution < -0.4 is 5.90 Å². The molecule has 0 aliphatic carbocycles. The van der Waals surface area contributed by atoms with Crippen molar-refractivity contribution in [3.8, 4) is 0 Å². The second-order valence-electron chi connectivity index (χ2n) is 1.28. The van der Waals surface area contributed by atoms with Gasteiger partial charge in [-0.05, 0) is 6.92 Å². The van der Waals surface area contributed by atoms with Gasteiger partial charge in [-0.15, -0.1) is 5.90 Å². The number of rotatable bonds is 2. The molecule has 4 nitrogen and oxygen atoms in total. The first-order valence-corrected chi connectivity index (χ1v) is 2.12. The van der Waals surface area contributed by atoms with Gasteiger partial charge in [-0.1, -0.05) is 0 Å². The molecule has 0 amide bonds. The molecule has 1 unspecified atom stereocenters. The first kappa shape index (κ1) is 7.39. The molecule has 1 N–H and O–H groups in total. The summed E-state index contributed by atoms with van der Waals surface area (Å²) in [6.45, 7) is 1.44. The van der Waals surface area contributed by atoms with E-state index in [0.29, 0.717) is 0 Å². The molecule has 1 atom stereocenters. The Morgan fingerprint density at radius 2 is 2.25 bits per heavy atom. The highest BCUT2D eigenvalue weighted by atomic mass is 16.6. The lowest BCUT2D eigenvalue weighted by Crippen LogP contribution is -2.20. The molecule has 0 spiro atoms. The highest BCUT2D eigenvalue weighted by Gasteiger charge is 2.10. The fourth-order valence-electron chi connectivity index (χ4n) is 0.214. The second-order valence-corrected chi connectivity index (χ2v) is 1.28. The normalized spacial score (nSPS) is 12.9. The Morgan fingerprint density at radius 3 is 2.38 bits per heavy atom. The Labute approximate surface area is 47.5 Å². The van der Waals surface area contributed by atoms with Gasteiger partial charge < -0.3 is 4.74 Å². The molecule has 0 aromatic heterocycles. The molecule has 0 aliphatic rings. The monoisotopic (exact) mass is 118 g/mol. The molecule has 0 heterocycles. The van der Waals surface area contributed by atoms with Crippen molar-refractivity contribution in [1.29, 1.82) is 0 Å². The lowest BCUT2D eigenvalue weighted by atomic mass is 10.4. The molecule has 4 heteroatoms. The van der Waals surface area contributed by atoms with Crippen molar-refractivity contribution in [2.24, 2.45) is 0 Å². The minimum Gasteiger partial charge on any atom is -0.467 e. The molecular weight excluding hydrogens is 110 g/mol. The van der Waals surface area contributed by atoms with Gasteiger partial charge in [-0.3, -0.25) is 4.84 Å². The molecule has 47 valence electrons. The summed E-state index contributed by atoms with van der Waals surface area (Å²) in [5, 5.41) is 0. The highest BCUT2D eigenvalue weighted by Crippen LogP contribution is 1.87. The molecule has 0 aromatic rings. The zero-order valence-corrected chi connectivity index (χ0v) is 4.80. The van der Waals surface area contributed by atoms with Crippen molar-refractivity contribution in [2.45, 2.75) is 13.0 Å². The van der Waals surface area contributed by atoms with Crippen LogP contribution in [0.4, 0.5) is 0 Å². The van der Waals surface area contributed by atoms with Gasteiger partial charge in [0.25, 0.3) is 0 Å². The maximum Gasteiger partial charge on any atom is 0.336 e. The summed E-state index contributed by atoms with van der Waals surface area (Å²) in [4.78, 5) is 14.2. The summed E-state index contributed by atoms with van der Waals surface area (Å²) in [5.74, 6) is 5.71. The summed E-state index contributed by atoms with van der Waals surface area (Å²) in [5.41, 5.74) is 0. The number of hydrogen-bond donors (Lipinski definition) is 0. The zero-order chi connectivity index (χ0) is 6.57. The van der Waals surface area contributed by atoms with Gasteiger partial charge in [0.2, 0.25) is 0 Å². The van der Waals surface area contributed by atoms with E-state index in [1.807, 2.05) is 0 Å². The van der Waals surface area contributed by atoms with E-state index < -0.39 is 12.1 Å². The molecule has 1 radical (unpaired) electrons. The van der Waals surface area contributed by atoms with Gasteiger partial charge in [0.15, 0.2) is 6.10 Å². The third kappa shape index (κ3) is 1.90. The summed E-state index contributed by atoms with van der Waals surface area (Å²) in [7, 11) is 1.25. The fourth-order valence-corrected chi connectivity index (χ4v) is 0.214. The minimum atomic E-state index is -0.778. The predicted octanol–water partition coefficient (Wildman–Crippen LogP) is -0.238. The van der Waals surface area contributed by atoms with Crippen LogP contribution in [0.2, 0.25) is 0 Å². The highest BCUT2D eigenvalue weighted by molar-refractivity contribution is 5.73. The van der Waals surface area contributed by atoms with Gasteiger partial charge >= 0.3 is 5.97 Å². The summed E-state index contributed by atoms with van der Waals surface area (Å²) >= 11 is 0. The van der Waals surface area contributed by atoms with Crippen molar-refractivity contribution >= 4 is 5.97 Å². The lowest BCUT2D eigenvalue weighted by molar-refractivity contribution is -0.153. The number of esters is 1. The number of carbonyl (C=O) groups is 1. The third-order valence-electron chi connectivity index (χ3n) is 0.710. The topological polar surface area (TPSA) is 59.3 Å². The maximum atomic E-state index is 10.3. The minimum absolute atomic E-state index is 0.528. The average molecular weight is 118 g/mol. The Balaban J connectivity index is 3.46. The predicted molar refractivity (Wildman–Crippen MR) is 25.7 cm³/mol. The number of nitrogens with one attached hydrogen (secondary N) is 1. The van der Waals surface area contributed by atoms with E-state index in [1.54, 1.807) is 0 Å². The first-order valence-electron chi connectivity index (χ1n) is 2.12. The smallest absolute Gasteiger partial charge is 0.336 e. The van der Waals surface area contributed by atoms with Crippen LogP contribution in [0.25, 0.3) is 0 Å². The molecule has 8 heavy (non-hydrogen) atoms. The van der Waals surface area contributed by atoms with Crippen LogP contribution in [0.1, 0.15) is 6.92 Å². The van der Waals surface area contributed by atoms with Crippen LogP contribution in [0.3, 0.4) is 0 Å². The lowest BCUT2D eigenvalue weighted by Gasteiger charge is -2.02. The SMILES string of the molecule is COC(=O)C(C)O[NH]. The van der Waals surface area contributed by atoms with Gasteiger partial charge in [0.1, 0.15) is 0 Å². The Kier molecular flexibility index (Phi) is 3.14. The van der Waals surface area contributed by atoms with E-state index >= 15 is 0 Å². The summed E-state index contributed by atoms with van der Waals surface area (Å²) < 4.78 is 4.22. The molecule has 0 aromatic carbocycles. The van der Waals surface area contributed by atoms with E-state index in [0.717, 1.165) is 0 Å². The van der Waals surface area contributed by atoms with Gasteiger partial charge in [0, 0.05) is 0 Å². The Hall–Kier alpha value is -0.610. The maximum absolute atomic E-state index is 10.3. The molecule has 0 bridgehead atoms. The molecule has 0 aliphatic heterocycles. The third-order valence-corrected chi connectivity index (χ3v) is 0.710. The number of methoxy groups -OCH3 is 1.